The van der Waals surface area contributed by atoms with Crippen LogP contribution in [0, 0.1) is 6.92 Å². The van der Waals surface area contributed by atoms with Crippen molar-refractivity contribution in [2.24, 2.45) is 0 Å². The molecule has 1 aliphatic rings. The second kappa shape index (κ2) is 7.20. The lowest BCUT2D eigenvalue weighted by atomic mass is 10.0. The van der Waals surface area contributed by atoms with Gasteiger partial charge in [0.15, 0.2) is 0 Å². The van der Waals surface area contributed by atoms with Gasteiger partial charge in [-0.1, -0.05) is 0 Å². The van der Waals surface area contributed by atoms with Gasteiger partial charge in [-0.25, -0.2) is 0 Å². The number of aromatic hydroxyl groups is 1. The van der Waals surface area contributed by atoms with Gasteiger partial charge in [0.1, 0.15) is 5.75 Å². The number of phenols is 1. The van der Waals surface area contributed by atoms with E-state index in [-0.39, 0.29) is 11.7 Å². The second-order valence-electron chi connectivity index (χ2n) is 6.48. The van der Waals surface area contributed by atoms with Gasteiger partial charge >= 0.3 is 6.18 Å². The molecular formula is C18H20F3N3O2. The maximum atomic E-state index is 12.8. The minimum absolute atomic E-state index is 0.231. The molecule has 26 heavy (non-hydrogen) atoms. The number of alkyl halides is 3. The maximum absolute atomic E-state index is 12.8. The first-order valence-corrected chi connectivity index (χ1v) is 8.27. The Balaban J connectivity index is 1.79. The van der Waals surface area contributed by atoms with Crippen molar-refractivity contribution in [1.82, 2.24) is 15.1 Å². The third-order valence-electron chi connectivity index (χ3n) is 4.57. The van der Waals surface area contributed by atoms with Crippen LogP contribution in [0.1, 0.15) is 23.2 Å². The van der Waals surface area contributed by atoms with E-state index in [9.17, 15) is 18.3 Å². The predicted octanol–water partition coefficient (Wildman–Crippen LogP) is 3.40. The smallest absolute Gasteiger partial charge is 0.416 e. The van der Waals surface area contributed by atoms with Crippen LogP contribution in [0.2, 0.25) is 0 Å². The van der Waals surface area contributed by atoms with Crippen LogP contribution in [0.3, 0.4) is 0 Å². The molecule has 1 saturated heterocycles. The molecule has 3 rings (SSSR count). The van der Waals surface area contributed by atoms with Crippen molar-refractivity contribution in [2.75, 3.05) is 20.2 Å². The third-order valence-corrected chi connectivity index (χ3v) is 4.57. The number of ether oxygens (including phenoxy) is 1. The maximum Gasteiger partial charge on any atom is 0.416 e. The molecule has 1 N–H and O–H groups in total. The number of benzene rings is 1. The van der Waals surface area contributed by atoms with Gasteiger partial charge in [0.2, 0.25) is 0 Å². The molecule has 0 bridgehead atoms. The summed E-state index contributed by atoms with van der Waals surface area (Å²) in [5.41, 5.74) is 0.769. The van der Waals surface area contributed by atoms with E-state index in [1.54, 1.807) is 19.2 Å². The van der Waals surface area contributed by atoms with Crippen molar-refractivity contribution >= 4 is 0 Å². The van der Waals surface area contributed by atoms with Crippen molar-refractivity contribution in [1.29, 1.82) is 0 Å². The van der Waals surface area contributed by atoms with Crippen LogP contribution < -0.4 is 0 Å². The number of nitrogens with zero attached hydrogens (tertiary/aromatic N) is 3. The van der Waals surface area contributed by atoms with E-state index < -0.39 is 17.5 Å². The molecule has 1 fully saturated rings. The Hall–Kier alpha value is -2.19. The minimum Gasteiger partial charge on any atom is -0.507 e. The molecule has 1 atom stereocenters. The van der Waals surface area contributed by atoms with Gasteiger partial charge in [-0.2, -0.15) is 23.4 Å². The Bertz CT molecular complexity index is 755. The van der Waals surface area contributed by atoms with E-state index in [1.807, 2.05) is 0 Å². The number of methoxy groups -OCH3 is 1. The summed E-state index contributed by atoms with van der Waals surface area (Å²) in [5, 5.41) is 18.3. The first-order chi connectivity index (χ1) is 12.3. The summed E-state index contributed by atoms with van der Waals surface area (Å²) in [6, 6.07) is 5.16. The van der Waals surface area contributed by atoms with Gasteiger partial charge in [0, 0.05) is 32.3 Å². The lowest BCUT2D eigenvalue weighted by molar-refractivity contribution is -0.137. The molecule has 0 spiro atoms. The fourth-order valence-corrected chi connectivity index (χ4v) is 3.21. The largest absolute Gasteiger partial charge is 0.507 e. The molecule has 2 aromatic rings. The first-order valence-electron chi connectivity index (χ1n) is 8.27. The number of aryl methyl sites for hydroxylation is 1. The van der Waals surface area contributed by atoms with E-state index in [0.29, 0.717) is 23.9 Å². The van der Waals surface area contributed by atoms with Crippen LogP contribution in [0.4, 0.5) is 13.2 Å². The van der Waals surface area contributed by atoms with Gasteiger partial charge in [0.25, 0.3) is 0 Å². The molecule has 5 nitrogen and oxygen atoms in total. The molecule has 0 aliphatic carbocycles. The Morgan fingerprint density at radius 1 is 1.27 bits per heavy atom. The van der Waals surface area contributed by atoms with E-state index in [2.05, 4.69) is 15.1 Å². The molecule has 1 aromatic carbocycles. The van der Waals surface area contributed by atoms with Gasteiger partial charge in [-0.15, -0.1) is 0 Å². The highest BCUT2D eigenvalue weighted by Gasteiger charge is 2.32. The normalized spacial score (nSPS) is 18.4. The standard InChI is InChI=1S/C18H20F3N3O2/c1-11-7-12(18(19,20)21)8-16(25)17(11)15-4-3-13(22-23-15)9-24-6-5-14(10-24)26-2/h3-4,7-8,14,25H,5-6,9-10H2,1-2H3/t14-/m1/s1. The number of halogens is 3. The zero-order valence-corrected chi connectivity index (χ0v) is 14.5. The Morgan fingerprint density at radius 3 is 2.58 bits per heavy atom. The van der Waals surface area contributed by atoms with E-state index in [4.69, 9.17) is 4.74 Å². The summed E-state index contributed by atoms with van der Waals surface area (Å²) < 4.78 is 43.8. The summed E-state index contributed by atoms with van der Waals surface area (Å²) in [4.78, 5) is 2.21. The predicted molar refractivity (Wildman–Crippen MR) is 89.6 cm³/mol. The van der Waals surface area contributed by atoms with Gasteiger partial charge in [0.05, 0.1) is 23.1 Å². The van der Waals surface area contributed by atoms with Crippen LogP contribution in [-0.4, -0.2) is 46.5 Å². The average Bonchev–Trinajstić information content (AvgIpc) is 3.02. The number of hydrogen-bond acceptors (Lipinski definition) is 5. The van der Waals surface area contributed by atoms with Crippen molar-refractivity contribution in [3.05, 3.63) is 41.1 Å². The monoisotopic (exact) mass is 367 g/mol. The van der Waals surface area contributed by atoms with Crippen LogP contribution in [0.15, 0.2) is 24.3 Å². The lowest BCUT2D eigenvalue weighted by Crippen LogP contribution is -2.23. The molecule has 0 unspecified atom stereocenters. The molecule has 0 saturated carbocycles. The molecule has 140 valence electrons. The number of likely N-dealkylation sites (tertiary alicyclic amines) is 1. The van der Waals surface area contributed by atoms with Crippen molar-refractivity contribution in [3.63, 3.8) is 0 Å². The summed E-state index contributed by atoms with van der Waals surface area (Å²) >= 11 is 0. The van der Waals surface area contributed by atoms with Gasteiger partial charge in [-0.3, -0.25) is 4.90 Å². The van der Waals surface area contributed by atoms with Crippen molar-refractivity contribution in [3.8, 4) is 17.0 Å². The molecule has 0 radical (unpaired) electrons. The number of phenolic OH excluding ortho intramolecular Hbond substituents is 1. The second-order valence-corrected chi connectivity index (χ2v) is 6.48. The molecule has 1 aliphatic heterocycles. The van der Waals surface area contributed by atoms with Gasteiger partial charge in [-0.05, 0) is 43.2 Å². The average molecular weight is 367 g/mol. The molecular weight excluding hydrogens is 347 g/mol. The summed E-state index contributed by atoms with van der Waals surface area (Å²) in [5.74, 6) is -0.457. The summed E-state index contributed by atoms with van der Waals surface area (Å²) in [6.07, 6.45) is -3.30. The molecule has 8 heteroatoms. The highest BCUT2D eigenvalue weighted by atomic mass is 19.4. The van der Waals surface area contributed by atoms with E-state index in [0.717, 1.165) is 31.3 Å². The zero-order valence-electron chi connectivity index (χ0n) is 14.5. The van der Waals surface area contributed by atoms with Crippen LogP contribution in [0.25, 0.3) is 11.3 Å². The van der Waals surface area contributed by atoms with Crippen LogP contribution in [-0.2, 0) is 17.5 Å². The van der Waals surface area contributed by atoms with Crippen molar-refractivity contribution in [2.45, 2.75) is 32.2 Å². The molecule has 0 amide bonds. The zero-order chi connectivity index (χ0) is 18.9. The Labute approximate surface area is 149 Å². The summed E-state index contributed by atoms with van der Waals surface area (Å²) in [6.45, 7) is 3.89. The lowest BCUT2D eigenvalue weighted by Gasteiger charge is -2.15. The Kier molecular flexibility index (Phi) is 5.15. The number of rotatable bonds is 4. The molecule has 1 aromatic heterocycles. The molecule has 2 heterocycles. The third kappa shape index (κ3) is 3.96. The number of hydrogen-bond donors (Lipinski definition) is 1. The topological polar surface area (TPSA) is 58.5 Å². The van der Waals surface area contributed by atoms with Crippen LogP contribution >= 0.6 is 0 Å². The number of aromatic nitrogens is 2. The highest BCUT2D eigenvalue weighted by Crippen LogP contribution is 2.38. The quantitative estimate of drug-likeness (QED) is 0.898. The SMILES string of the molecule is CO[C@@H]1CCN(Cc2ccc(-c3c(C)cc(C(F)(F)F)cc3O)nn2)C1. The van der Waals surface area contributed by atoms with Crippen molar-refractivity contribution < 1.29 is 23.0 Å². The fraction of sp³-hybridized carbons (Fsp3) is 0.444. The fourth-order valence-electron chi connectivity index (χ4n) is 3.21. The first kappa shape index (κ1) is 18.6. The van der Waals surface area contributed by atoms with E-state index in [1.165, 1.54) is 6.92 Å². The minimum atomic E-state index is -4.51. The summed E-state index contributed by atoms with van der Waals surface area (Å²) in [7, 11) is 1.70. The van der Waals surface area contributed by atoms with E-state index >= 15 is 0 Å². The highest BCUT2D eigenvalue weighted by molar-refractivity contribution is 5.71. The van der Waals surface area contributed by atoms with Gasteiger partial charge < -0.3 is 9.84 Å². The van der Waals surface area contributed by atoms with Crippen LogP contribution in [0.5, 0.6) is 5.75 Å². The Morgan fingerprint density at radius 2 is 2.04 bits per heavy atom.